The first kappa shape index (κ1) is 17.2. The van der Waals surface area contributed by atoms with Gasteiger partial charge in [0.2, 0.25) is 11.0 Å². The zero-order valence-electron chi connectivity index (χ0n) is 13.2. The number of rotatable bonds is 7. The fourth-order valence-corrected chi connectivity index (χ4v) is 2.94. The van der Waals surface area contributed by atoms with Gasteiger partial charge in [0, 0.05) is 29.9 Å². The maximum atomic E-state index is 12.0. The number of primary amides is 1. The summed E-state index contributed by atoms with van der Waals surface area (Å²) < 4.78 is 2.01. The minimum atomic E-state index is -0.414. The molecule has 120 valence electrons. The normalized spacial score (nSPS) is 10.5. The molecule has 1 aromatic heterocycles. The maximum Gasteiger partial charge on any atom is 0.249 e. The van der Waals surface area contributed by atoms with E-state index in [4.69, 9.17) is 5.73 Å². The highest BCUT2D eigenvalue weighted by molar-refractivity contribution is 8.14. The van der Waals surface area contributed by atoms with Crippen molar-refractivity contribution in [3.05, 3.63) is 65.5 Å². The molecular formula is C18H21N2O2S+. The number of carbonyl (C=O) groups is 2. The highest BCUT2D eigenvalue weighted by atomic mass is 32.2. The van der Waals surface area contributed by atoms with Crippen LogP contribution < -0.4 is 10.3 Å². The summed E-state index contributed by atoms with van der Waals surface area (Å²) >= 11 is 1.37. The van der Waals surface area contributed by atoms with Gasteiger partial charge in [0.05, 0.1) is 5.56 Å². The number of nitrogens with zero attached hydrogens (tertiary/aromatic N) is 1. The molecule has 1 amide bonds. The second-order valence-electron chi connectivity index (χ2n) is 5.40. The summed E-state index contributed by atoms with van der Waals surface area (Å²) in [4.78, 5) is 23.0. The fourth-order valence-electron chi connectivity index (χ4n) is 2.10. The molecule has 2 rings (SSSR count). The SMILES string of the molecule is Cc1ccc(C(=O)SCCCC[n+]2ccc(C(N)=O)cc2)cc1. The van der Waals surface area contributed by atoms with E-state index in [-0.39, 0.29) is 5.12 Å². The van der Waals surface area contributed by atoms with Crippen LogP contribution in [0.4, 0.5) is 0 Å². The Morgan fingerprint density at radius 3 is 2.26 bits per heavy atom. The molecule has 1 aromatic carbocycles. The molecule has 4 nitrogen and oxygen atoms in total. The molecule has 1 heterocycles. The third-order valence-corrected chi connectivity index (χ3v) is 4.50. The quantitative estimate of drug-likeness (QED) is 0.627. The highest BCUT2D eigenvalue weighted by Gasteiger charge is 2.07. The van der Waals surface area contributed by atoms with Gasteiger partial charge in [0.15, 0.2) is 12.4 Å². The van der Waals surface area contributed by atoms with E-state index in [1.165, 1.54) is 11.8 Å². The molecule has 0 aliphatic carbocycles. The van der Waals surface area contributed by atoms with Gasteiger partial charge in [0.25, 0.3) is 0 Å². The summed E-state index contributed by atoms with van der Waals surface area (Å²) in [6, 6.07) is 11.1. The van der Waals surface area contributed by atoms with E-state index in [0.29, 0.717) is 5.56 Å². The van der Waals surface area contributed by atoms with Gasteiger partial charge in [-0.05, 0) is 13.3 Å². The van der Waals surface area contributed by atoms with Crippen LogP contribution in [0.15, 0.2) is 48.8 Å². The molecule has 0 bridgehead atoms. The molecule has 0 unspecified atom stereocenters. The zero-order chi connectivity index (χ0) is 16.7. The molecular weight excluding hydrogens is 308 g/mol. The molecule has 0 aliphatic rings. The first-order valence-corrected chi connectivity index (χ1v) is 8.57. The minimum Gasteiger partial charge on any atom is -0.366 e. The van der Waals surface area contributed by atoms with Gasteiger partial charge < -0.3 is 5.73 Å². The molecule has 0 spiro atoms. The lowest BCUT2D eigenvalue weighted by Gasteiger charge is -2.01. The summed E-state index contributed by atoms with van der Waals surface area (Å²) in [5, 5.41) is 0.128. The molecule has 0 fully saturated rings. The number of pyridine rings is 1. The summed E-state index contributed by atoms with van der Waals surface area (Å²) in [5.74, 6) is 0.398. The van der Waals surface area contributed by atoms with Gasteiger partial charge in [-0.25, -0.2) is 4.57 Å². The van der Waals surface area contributed by atoms with Crippen molar-refractivity contribution in [1.29, 1.82) is 0 Å². The minimum absolute atomic E-state index is 0.128. The average Bonchev–Trinajstić information content (AvgIpc) is 2.55. The second-order valence-corrected chi connectivity index (χ2v) is 6.47. The number of amides is 1. The lowest BCUT2D eigenvalue weighted by Crippen LogP contribution is -2.33. The average molecular weight is 329 g/mol. The Bertz CT molecular complexity index is 666. The Labute approximate surface area is 140 Å². The highest BCUT2D eigenvalue weighted by Crippen LogP contribution is 2.14. The first-order chi connectivity index (χ1) is 11.1. The van der Waals surface area contributed by atoms with Crippen LogP contribution in [0, 0.1) is 6.92 Å². The van der Waals surface area contributed by atoms with E-state index >= 15 is 0 Å². The van der Waals surface area contributed by atoms with E-state index in [9.17, 15) is 9.59 Å². The standard InChI is InChI=1S/C18H20N2O2S/c1-14-4-6-16(7-5-14)18(22)23-13-3-2-10-20-11-8-15(9-12-20)17(19)21/h4-9,11-12H,2-3,10,13H2,1H3,(H-,19,21)/p+1. The van der Waals surface area contributed by atoms with Crippen LogP contribution in [0.5, 0.6) is 0 Å². The summed E-state index contributed by atoms with van der Waals surface area (Å²) in [6.45, 7) is 2.87. The number of hydrogen-bond donors (Lipinski definition) is 1. The van der Waals surface area contributed by atoms with Crippen molar-refractivity contribution >= 4 is 22.8 Å². The predicted molar refractivity (Wildman–Crippen MR) is 92.4 cm³/mol. The van der Waals surface area contributed by atoms with Crippen LogP contribution in [-0.2, 0) is 6.54 Å². The smallest absolute Gasteiger partial charge is 0.249 e. The van der Waals surface area contributed by atoms with Crippen LogP contribution in [0.3, 0.4) is 0 Å². The van der Waals surface area contributed by atoms with Crippen molar-refractivity contribution in [2.24, 2.45) is 5.73 Å². The van der Waals surface area contributed by atoms with Crippen molar-refractivity contribution in [2.75, 3.05) is 5.75 Å². The number of hydrogen-bond acceptors (Lipinski definition) is 3. The second kappa shape index (κ2) is 8.48. The van der Waals surface area contributed by atoms with E-state index in [1.807, 2.05) is 48.1 Å². The van der Waals surface area contributed by atoms with Crippen LogP contribution in [0.1, 0.15) is 39.1 Å². The number of unbranched alkanes of at least 4 members (excludes halogenated alkanes) is 1. The first-order valence-electron chi connectivity index (χ1n) is 7.59. The molecule has 2 N–H and O–H groups in total. The van der Waals surface area contributed by atoms with Gasteiger partial charge in [-0.1, -0.05) is 41.6 Å². The van der Waals surface area contributed by atoms with Crippen molar-refractivity contribution in [3.63, 3.8) is 0 Å². The molecule has 0 aliphatic heterocycles. The number of nitrogens with two attached hydrogens (primary N) is 1. The Kier molecular flexibility index (Phi) is 6.35. The van der Waals surface area contributed by atoms with Gasteiger partial charge in [0.1, 0.15) is 6.54 Å². The topological polar surface area (TPSA) is 64.0 Å². The Balaban J connectivity index is 1.68. The van der Waals surface area contributed by atoms with Crippen LogP contribution >= 0.6 is 11.8 Å². The molecule has 5 heteroatoms. The van der Waals surface area contributed by atoms with Crippen LogP contribution in [0.25, 0.3) is 0 Å². The molecule has 0 atom stereocenters. The maximum absolute atomic E-state index is 12.0. The summed E-state index contributed by atoms with van der Waals surface area (Å²) in [6.07, 6.45) is 5.65. The van der Waals surface area contributed by atoms with E-state index in [2.05, 4.69) is 0 Å². The monoisotopic (exact) mass is 329 g/mol. The van der Waals surface area contributed by atoms with Crippen molar-refractivity contribution in [1.82, 2.24) is 0 Å². The van der Waals surface area contributed by atoms with Crippen molar-refractivity contribution in [2.45, 2.75) is 26.3 Å². The van der Waals surface area contributed by atoms with Gasteiger partial charge >= 0.3 is 0 Å². The lowest BCUT2D eigenvalue weighted by molar-refractivity contribution is -0.697. The number of thioether (sulfide) groups is 1. The van der Waals surface area contributed by atoms with Crippen molar-refractivity contribution in [3.8, 4) is 0 Å². The Morgan fingerprint density at radius 1 is 1.00 bits per heavy atom. The summed E-state index contributed by atoms with van der Waals surface area (Å²) in [7, 11) is 0. The van der Waals surface area contributed by atoms with Gasteiger partial charge in [-0.15, -0.1) is 0 Å². The number of aryl methyl sites for hydroxylation is 2. The molecule has 0 saturated carbocycles. The number of carbonyl (C=O) groups excluding carboxylic acids is 2. The molecule has 0 saturated heterocycles. The van der Waals surface area contributed by atoms with E-state index in [1.54, 1.807) is 12.1 Å². The molecule has 2 aromatic rings. The number of aromatic nitrogens is 1. The third kappa shape index (κ3) is 5.53. The largest absolute Gasteiger partial charge is 0.366 e. The lowest BCUT2D eigenvalue weighted by atomic mass is 10.2. The van der Waals surface area contributed by atoms with Gasteiger partial charge in [-0.2, -0.15) is 0 Å². The van der Waals surface area contributed by atoms with Crippen molar-refractivity contribution < 1.29 is 14.2 Å². The number of benzene rings is 1. The zero-order valence-corrected chi connectivity index (χ0v) is 14.0. The Hall–Kier alpha value is -2.14. The fraction of sp³-hybridized carbons (Fsp3) is 0.278. The van der Waals surface area contributed by atoms with E-state index < -0.39 is 5.91 Å². The van der Waals surface area contributed by atoms with Crippen LogP contribution in [0.2, 0.25) is 0 Å². The van der Waals surface area contributed by atoms with Gasteiger partial charge in [-0.3, -0.25) is 9.59 Å². The Morgan fingerprint density at radius 2 is 1.65 bits per heavy atom. The summed E-state index contributed by atoms with van der Waals surface area (Å²) in [5.41, 5.74) is 7.64. The van der Waals surface area contributed by atoms with Crippen LogP contribution in [-0.4, -0.2) is 16.8 Å². The molecule has 23 heavy (non-hydrogen) atoms. The predicted octanol–water partition coefficient (Wildman–Crippen LogP) is 2.74. The van der Waals surface area contributed by atoms with E-state index in [0.717, 1.165) is 36.3 Å². The third-order valence-electron chi connectivity index (χ3n) is 3.51. The molecule has 0 radical (unpaired) electrons.